The minimum Gasteiger partial charge on any atom is -0.444 e. The summed E-state index contributed by atoms with van der Waals surface area (Å²) in [5.74, 6) is 0.658. The van der Waals surface area contributed by atoms with Crippen molar-refractivity contribution in [2.24, 2.45) is 5.92 Å². The first kappa shape index (κ1) is 18.6. The SMILES string of the molecule is CC(C)(C)OC(=O)NCC1CCC(c2ccnc3ccc(F)cc23)CC1. The van der Waals surface area contributed by atoms with Gasteiger partial charge in [0.2, 0.25) is 0 Å². The summed E-state index contributed by atoms with van der Waals surface area (Å²) in [6.45, 7) is 6.23. The number of halogens is 1. The number of nitrogens with one attached hydrogen (secondary N) is 1. The number of pyridine rings is 1. The van der Waals surface area contributed by atoms with Gasteiger partial charge in [-0.2, -0.15) is 0 Å². The fourth-order valence-corrected chi connectivity index (χ4v) is 3.72. The van der Waals surface area contributed by atoms with Crippen LogP contribution in [0, 0.1) is 11.7 Å². The van der Waals surface area contributed by atoms with E-state index >= 15 is 0 Å². The van der Waals surface area contributed by atoms with Crippen LogP contribution in [0.5, 0.6) is 0 Å². The number of aromatic nitrogens is 1. The van der Waals surface area contributed by atoms with Gasteiger partial charge in [0, 0.05) is 18.1 Å². The molecule has 3 rings (SSSR count). The van der Waals surface area contributed by atoms with E-state index in [4.69, 9.17) is 4.74 Å². The van der Waals surface area contributed by atoms with Crippen LogP contribution < -0.4 is 5.32 Å². The van der Waals surface area contributed by atoms with Gasteiger partial charge in [0.05, 0.1) is 5.52 Å². The smallest absolute Gasteiger partial charge is 0.407 e. The normalized spacial score (nSPS) is 20.8. The van der Waals surface area contributed by atoms with Crippen LogP contribution in [-0.2, 0) is 4.74 Å². The molecule has 1 aliphatic carbocycles. The van der Waals surface area contributed by atoms with Gasteiger partial charge in [0.15, 0.2) is 0 Å². The Labute approximate surface area is 154 Å². The summed E-state index contributed by atoms with van der Waals surface area (Å²) in [6, 6.07) is 6.81. The Morgan fingerprint density at radius 1 is 1.23 bits per heavy atom. The number of nitrogens with zero attached hydrogens (tertiary/aromatic N) is 1. The number of fused-ring (bicyclic) bond motifs is 1. The van der Waals surface area contributed by atoms with Gasteiger partial charge in [-0.05, 0) is 88.1 Å². The largest absolute Gasteiger partial charge is 0.444 e. The van der Waals surface area contributed by atoms with Gasteiger partial charge in [-0.15, -0.1) is 0 Å². The van der Waals surface area contributed by atoms with Crippen LogP contribution in [0.1, 0.15) is 57.9 Å². The molecule has 1 aromatic heterocycles. The number of alkyl carbamates (subject to hydrolysis) is 1. The van der Waals surface area contributed by atoms with Crippen molar-refractivity contribution < 1.29 is 13.9 Å². The first-order valence-electron chi connectivity index (χ1n) is 9.33. The highest BCUT2D eigenvalue weighted by atomic mass is 19.1. The third-order valence-corrected chi connectivity index (χ3v) is 4.96. The average molecular weight is 358 g/mol. The third-order valence-electron chi connectivity index (χ3n) is 4.96. The molecule has 1 heterocycles. The standard InChI is InChI=1S/C21H27FN2O2/c1-21(2,3)26-20(25)24-13-14-4-6-15(7-5-14)17-10-11-23-19-9-8-16(22)12-18(17)19/h8-12,14-15H,4-7,13H2,1-3H3,(H,24,25). The van der Waals surface area contributed by atoms with Crippen molar-refractivity contribution in [3.05, 3.63) is 41.8 Å². The second-order valence-electron chi connectivity index (χ2n) is 8.16. The van der Waals surface area contributed by atoms with Crippen LogP contribution in [0.4, 0.5) is 9.18 Å². The zero-order valence-electron chi connectivity index (χ0n) is 15.7. The molecule has 0 atom stereocenters. The molecule has 4 nitrogen and oxygen atoms in total. The van der Waals surface area contributed by atoms with Gasteiger partial charge in [0.1, 0.15) is 11.4 Å². The maximum atomic E-state index is 13.7. The summed E-state index contributed by atoms with van der Waals surface area (Å²) in [5, 5.41) is 3.80. The predicted octanol–water partition coefficient (Wildman–Crippen LogP) is 5.17. The molecule has 0 saturated heterocycles. The van der Waals surface area contributed by atoms with Crippen LogP contribution in [-0.4, -0.2) is 23.2 Å². The number of benzene rings is 1. The maximum Gasteiger partial charge on any atom is 0.407 e. The Morgan fingerprint density at radius 2 is 1.96 bits per heavy atom. The molecular formula is C21H27FN2O2. The fraction of sp³-hybridized carbons (Fsp3) is 0.524. The number of hydrogen-bond acceptors (Lipinski definition) is 3. The molecule has 1 N–H and O–H groups in total. The quantitative estimate of drug-likeness (QED) is 0.823. The summed E-state index contributed by atoms with van der Waals surface area (Å²) in [6.07, 6.45) is 5.62. The molecule has 26 heavy (non-hydrogen) atoms. The van der Waals surface area contributed by atoms with E-state index < -0.39 is 5.60 Å². The minimum atomic E-state index is -0.473. The summed E-state index contributed by atoms with van der Waals surface area (Å²) >= 11 is 0. The van der Waals surface area contributed by atoms with Crippen molar-refractivity contribution in [1.82, 2.24) is 10.3 Å². The van der Waals surface area contributed by atoms with Gasteiger partial charge >= 0.3 is 6.09 Å². The number of amides is 1. The second-order valence-corrected chi connectivity index (χ2v) is 8.16. The Bertz CT molecular complexity index is 777. The van der Waals surface area contributed by atoms with E-state index in [0.29, 0.717) is 18.4 Å². The van der Waals surface area contributed by atoms with E-state index in [0.717, 1.165) is 36.6 Å². The van der Waals surface area contributed by atoms with E-state index in [2.05, 4.69) is 10.3 Å². The molecule has 1 aromatic carbocycles. The fourth-order valence-electron chi connectivity index (χ4n) is 3.72. The zero-order valence-corrected chi connectivity index (χ0v) is 15.7. The number of carbonyl (C=O) groups is 1. The number of ether oxygens (including phenoxy) is 1. The van der Waals surface area contributed by atoms with Gasteiger partial charge in [-0.3, -0.25) is 4.98 Å². The van der Waals surface area contributed by atoms with Gasteiger partial charge in [-0.1, -0.05) is 0 Å². The third kappa shape index (κ3) is 4.71. The molecule has 2 aromatic rings. The van der Waals surface area contributed by atoms with Crippen molar-refractivity contribution in [3.8, 4) is 0 Å². The topological polar surface area (TPSA) is 51.2 Å². The van der Waals surface area contributed by atoms with Crippen LogP contribution in [0.3, 0.4) is 0 Å². The van der Waals surface area contributed by atoms with Crippen LogP contribution in [0.2, 0.25) is 0 Å². The van der Waals surface area contributed by atoms with Gasteiger partial charge in [-0.25, -0.2) is 9.18 Å². The van der Waals surface area contributed by atoms with E-state index in [9.17, 15) is 9.18 Å². The molecule has 0 unspecified atom stereocenters. The number of carbonyl (C=O) groups excluding carboxylic acids is 1. The second kappa shape index (κ2) is 7.60. The highest BCUT2D eigenvalue weighted by Crippen LogP contribution is 2.38. The maximum absolute atomic E-state index is 13.7. The zero-order chi connectivity index (χ0) is 18.7. The summed E-state index contributed by atoms with van der Waals surface area (Å²) in [7, 11) is 0. The van der Waals surface area contributed by atoms with Crippen LogP contribution in [0.25, 0.3) is 10.9 Å². The van der Waals surface area contributed by atoms with Crippen molar-refractivity contribution >= 4 is 17.0 Å². The van der Waals surface area contributed by atoms with E-state index in [-0.39, 0.29) is 11.9 Å². The van der Waals surface area contributed by atoms with Gasteiger partial charge in [0.25, 0.3) is 0 Å². The van der Waals surface area contributed by atoms with Crippen LogP contribution >= 0.6 is 0 Å². The lowest BCUT2D eigenvalue weighted by Gasteiger charge is -2.30. The monoisotopic (exact) mass is 358 g/mol. The Morgan fingerprint density at radius 3 is 2.65 bits per heavy atom. The highest BCUT2D eigenvalue weighted by molar-refractivity contribution is 5.82. The molecule has 0 bridgehead atoms. The molecule has 5 heteroatoms. The number of hydrogen-bond donors (Lipinski definition) is 1. The van der Waals surface area contributed by atoms with Crippen molar-refractivity contribution in [3.63, 3.8) is 0 Å². The lowest BCUT2D eigenvalue weighted by Crippen LogP contribution is -2.36. The van der Waals surface area contributed by atoms with E-state index in [1.807, 2.05) is 33.0 Å². The summed E-state index contributed by atoms with van der Waals surface area (Å²) < 4.78 is 18.9. The molecule has 0 radical (unpaired) electrons. The average Bonchev–Trinajstić information content (AvgIpc) is 2.58. The molecular weight excluding hydrogens is 331 g/mol. The highest BCUT2D eigenvalue weighted by Gasteiger charge is 2.25. The summed E-state index contributed by atoms with van der Waals surface area (Å²) in [5.41, 5.74) is 1.56. The van der Waals surface area contributed by atoms with Crippen molar-refractivity contribution in [2.75, 3.05) is 6.54 Å². The molecule has 0 aliphatic heterocycles. The Balaban J connectivity index is 1.58. The Hall–Kier alpha value is -2.17. The molecule has 0 spiro atoms. The number of rotatable bonds is 3. The van der Waals surface area contributed by atoms with Crippen molar-refractivity contribution in [2.45, 2.75) is 58.0 Å². The lowest BCUT2D eigenvalue weighted by molar-refractivity contribution is 0.0515. The lowest BCUT2D eigenvalue weighted by atomic mass is 9.78. The van der Waals surface area contributed by atoms with E-state index in [1.54, 1.807) is 12.1 Å². The van der Waals surface area contributed by atoms with Gasteiger partial charge < -0.3 is 10.1 Å². The van der Waals surface area contributed by atoms with Crippen molar-refractivity contribution in [1.29, 1.82) is 0 Å². The molecule has 1 saturated carbocycles. The first-order valence-corrected chi connectivity index (χ1v) is 9.33. The predicted molar refractivity (Wildman–Crippen MR) is 101 cm³/mol. The summed E-state index contributed by atoms with van der Waals surface area (Å²) in [4.78, 5) is 16.1. The molecule has 140 valence electrons. The van der Waals surface area contributed by atoms with Crippen LogP contribution in [0.15, 0.2) is 30.5 Å². The Kier molecular flexibility index (Phi) is 5.44. The minimum absolute atomic E-state index is 0.220. The first-order chi connectivity index (χ1) is 12.3. The molecule has 1 aliphatic rings. The van der Waals surface area contributed by atoms with E-state index in [1.165, 1.54) is 11.6 Å². The molecule has 1 fully saturated rings. The molecule has 1 amide bonds.